The van der Waals surface area contributed by atoms with Crippen LogP contribution < -0.4 is 5.32 Å². The highest BCUT2D eigenvalue weighted by Crippen LogP contribution is 2.43. The number of fused-ring (bicyclic) bond motifs is 3. The van der Waals surface area contributed by atoms with Gasteiger partial charge in [0.05, 0.1) is 45.4 Å². The highest BCUT2D eigenvalue weighted by atomic mass is 14.9. The van der Waals surface area contributed by atoms with Crippen molar-refractivity contribution in [2.75, 3.05) is 7.05 Å². The molecule has 0 saturated carbocycles. The maximum Gasteiger partial charge on any atom is 0.0900 e. The van der Waals surface area contributed by atoms with Gasteiger partial charge in [0.15, 0.2) is 0 Å². The molecule has 0 amide bonds. The Morgan fingerprint density at radius 1 is 0.618 bits per heavy atom. The maximum atomic E-state index is 5.30. The number of rotatable bonds is 11. The fourth-order valence-corrected chi connectivity index (χ4v) is 7.27. The SMILES string of the molecule is C=CN=C(C=C)C(C=C)=Nc1ccc(-c2ccc3nc(-c4c5ccccc5c(-c5ccc(C)c(/C(NC)=C(/C)C=C)n5)c5ccccc45)ccc3c2)cc1C. The van der Waals surface area contributed by atoms with Crippen molar-refractivity contribution < 1.29 is 0 Å². The van der Waals surface area contributed by atoms with Crippen LogP contribution in [0.5, 0.6) is 0 Å². The number of hydrogen-bond acceptors (Lipinski definition) is 5. The summed E-state index contributed by atoms with van der Waals surface area (Å²) in [4.78, 5) is 19.7. The minimum absolute atomic E-state index is 0.625. The minimum Gasteiger partial charge on any atom is -0.386 e. The summed E-state index contributed by atoms with van der Waals surface area (Å²) in [5, 5.41) is 8.94. The summed E-state index contributed by atoms with van der Waals surface area (Å²) in [5.74, 6) is 0. The quantitative estimate of drug-likeness (QED) is 0.0824. The number of nitrogens with zero attached hydrogens (tertiary/aromatic N) is 4. The number of allylic oxidation sites excluding steroid dienone is 4. The zero-order valence-corrected chi connectivity index (χ0v) is 31.8. The lowest BCUT2D eigenvalue weighted by atomic mass is 9.88. The normalized spacial score (nSPS) is 12.4. The van der Waals surface area contributed by atoms with E-state index in [9.17, 15) is 0 Å². The summed E-state index contributed by atoms with van der Waals surface area (Å²) in [6.07, 6.45) is 6.69. The largest absolute Gasteiger partial charge is 0.386 e. The molecule has 55 heavy (non-hydrogen) atoms. The first kappa shape index (κ1) is 36.4. The van der Waals surface area contributed by atoms with Crippen LogP contribution in [-0.4, -0.2) is 28.4 Å². The van der Waals surface area contributed by atoms with E-state index >= 15 is 0 Å². The summed E-state index contributed by atoms with van der Waals surface area (Å²) >= 11 is 0. The Morgan fingerprint density at radius 3 is 1.76 bits per heavy atom. The van der Waals surface area contributed by atoms with Crippen molar-refractivity contribution in [3.05, 3.63) is 182 Å². The van der Waals surface area contributed by atoms with Crippen molar-refractivity contribution in [3.63, 3.8) is 0 Å². The molecule has 0 bridgehead atoms. The molecule has 0 spiro atoms. The second-order valence-corrected chi connectivity index (χ2v) is 13.4. The Hall–Kier alpha value is -6.98. The van der Waals surface area contributed by atoms with Crippen LogP contribution >= 0.6 is 0 Å². The van der Waals surface area contributed by atoms with Gasteiger partial charge in [-0.25, -0.2) is 15.0 Å². The van der Waals surface area contributed by atoms with E-state index in [2.05, 4.69) is 161 Å². The topological polar surface area (TPSA) is 62.5 Å². The van der Waals surface area contributed by atoms with Crippen molar-refractivity contribution in [1.29, 1.82) is 0 Å². The van der Waals surface area contributed by atoms with Gasteiger partial charge < -0.3 is 5.32 Å². The van der Waals surface area contributed by atoms with Crippen LogP contribution in [0.4, 0.5) is 5.69 Å². The van der Waals surface area contributed by atoms with E-state index in [-0.39, 0.29) is 0 Å². The predicted molar refractivity (Wildman–Crippen MR) is 237 cm³/mol. The second-order valence-electron chi connectivity index (χ2n) is 13.4. The molecule has 0 atom stereocenters. The number of aryl methyl sites for hydroxylation is 2. The molecular weight excluding hydrogens is 671 g/mol. The molecule has 0 radical (unpaired) electrons. The lowest BCUT2D eigenvalue weighted by Gasteiger charge is -2.19. The first-order valence-corrected chi connectivity index (χ1v) is 18.3. The highest BCUT2D eigenvalue weighted by molar-refractivity contribution is 6.50. The van der Waals surface area contributed by atoms with Gasteiger partial charge in [-0.3, -0.25) is 4.99 Å². The Morgan fingerprint density at radius 2 is 1.20 bits per heavy atom. The summed E-state index contributed by atoms with van der Waals surface area (Å²) in [7, 11) is 1.93. The molecule has 5 aromatic carbocycles. The van der Waals surface area contributed by atoms with Crippen molar-refractivity contribution in [1.82, 2.24) is 15.3 Å². The van der Waals surface area contributed by atoms with Crippen LogP contribution in [0, 0.1) is 13.8 Å². The Bertz CT molecular complexity index is 2740. The standard InChI is InChI=1S/C50H43N5/c1-9-31(5)49(51-8)50-32(6)21-25-46(55-50)48-39-19-15-13-17-37(39)47(38-18-14-16-20-40(38)48)45-28-24-36-30-35(23-27-44(36)54-45)34-22-26-43(33(7)29-34)53-42(11-3)41(10-2)52-12-4/h9-30,51H,1-4H2,5-8H3/b49-31+,52-41?,53-42?. The fraction of sp³-hybridized carbons (Fsp3) is 0.0800. The van der Waals surface area contributed by atoms with Crippen molar-refractivity contribution in [2.24, 2.45) is 9.98 Å². The average molecular weight is 714 g/mol. The third-order valence-electron chi connectivity index (χ3n) is 10.1. The molecule has 0 fully saturated rings. The monoisotopic (exact) mass is 713 g/mol. The molecule has 5 heteroatoms. The zero-order valence-electron chi connectivity index (χ0n) is 31.8. The van der Waals surface area contributed by atoms with Gasteiger partial charge in [0, 0.05) is 29.8 Å². The van der Waals surface area contributed by atoms with E-state index in [1.807, 2.05) is 19.2 Å². The molecule has 0 aliphatic heterocycles. The Balaban J connectivity index is 1.33. The van der Waals surface area contributed by atoms with Crippen LogP contribution in [0.15, 0.2) is 175 Å². The van der Waals surface area contributed by atoms with E-state index in [1.54, 1.807) is 12.2 Å². The Kier molecular flexibility index (Phi) is 10.3. The molecule has 0 aliphatic carbocycles. The van der Waals surface area contributed by atoms with Crippen molar-refractivity contribution in [3.8, 4) is 33.6 Å². The van der Waals surface area contributed by atoms with Crippen LogP contribution in [0.1, 0.15) is 23.7 Å². The summed E-state index contributed by atoms with van der Waals surface area (Å²) < 4.78 is 0. The van der Waals surface area contributed by atoms with Crippen LogP contribution in [-0.2, 0) is 0 Å². The first-order chi connectivity index (χ1) is 26.8. The van der Waals surface area contributed by atoms with Gasteiger partial charge in [-0.1, -0.05) is 105 Å². The number of hydrogen-bond donors (Lipinski definition) is 1. The van der Waals surface area contributed by atoms with Crippen molar-refractivity contribution >= 4 is 55.3 Å². The highest BCUT2D eigenvalue weighted by Gasteiger charge is 2.20. The van der Waals surface area contributed by atoms with Gasteiger partial charge in [-0.15, -0.1) is 0 Å². The van der Waals surface area contributed by atoms with Gasteiger partial charge in [-0.2, -0.15) is 0 Å². The first-order valence-electron chi connectivity index (χ1n) is 18.3. The third kappa shape index (κ3) is 6.84. The van der Waals surface area contributed by atoms with E-state index < -0.39 is 0 Å². The molecule has 1 N–H and O–H groups in total. The van der Waals surface area contributed by atoms with Gasteiger partial charge in [-0.05, 0) is 119 Å². The molecule has 0 saturated heterocycles. The molecule has 7 aromatic rings. The lowest BCUT2D eigenvalue weighted by molar-refractivity contribution is 1.07. The number of benzene rings is 5. The minimum atomic E-state index is 0.625. The summed E-state index contributed by atoms with van der Waals surface area (Å²) in [5.41, 5.74) is 14.4. The predicted octanol–water partition coefficient (Wildman–Crippen LogP) is 12.7. The second kappa shape index (κ2) is 15.6. The number of pyridine rings is 2. The molecular formula is C50H43N5. The van der Waals surface area contributed by atoms with Crippen LogP contribution in [0.3, 0.4) is 0 Å². The van der Waals surface area contributed by atoms with E-state index in [0.29, 0.717) is 11.4 Å². The van der Waals surface area contributed by atoms with Crippen LogP contribution in [0.25, 0.3) is 71.8 Å². The van der Waals surface area contributed by atoms with Gasteiger partial charge >= 0.3 is 0 Å². The summed E-state index contributed by atoms with van der Waals surface area (Å²) in [6.45, 7) is 21.7. The third-order valence-corrected chi connectivity index (χ3v) is 10.1. The number of aromatic nitrogens is 2. The van der Waals surface area contributed by atoms with Crippen molar-refractivity contribution in [2.45, 2.75) is 20.8 Å². The smallest absolute Gasteiger partial charge is 0.0900 e. The van der Waals surface area contributed by atoms with Gasteiger partial charge in [0.25, 0.3) is 0 Å². The molecule has 2 aromatic heterocycles. The fourth-order valence-electron chi connectivity index (χ4n) is 7.27. The summed E-state index contributed by atoms with van der Waals surface area (Å²) in [6, 6.07) is 38.5. The molecule has 5 nitrogen and oxygen atoms in total. The Labute approximate surface area is 323 Å². The lowest BCUT2D eigenvalue weighted by Crippen LogP contribution is -2.10. The molecule has 7 rings (SSSR count). The number of nitrogens with one attached hydrogen (secondary N) is 1. The van der Waals surface area contributed by atoms with Gasteiger partial charge in [0.1, 0.15) is 0 Å². The average Bonchev–Trinajstić information content (AvgIpc) is 3.22. The molecule has 268 valence electrons. The van der Waals surface area contributed by atoms with E-state index in [0.717, 1.165) is 99.9 Å². The maximum absolute atomic E-state index is 5.30. The van der Waals surface area contributed by atoms with E-state index in [4.69, 9.17) is 15.0 Å². The zero-order chi connectivity index (χ0) is 38.6. The van der Waals surface area contributed by atoms with Crippen LogP contribution in [0.2, 0.25) is 0 Å². The molecule has 2 heterocycles. The van der Waals surface area contributed by atoms with E-state index in [1.165, 1.54) is 6.20 Å². The number of aliphatic imine (C=N–C) groups is 2. The molecule has 0 unspecified atom stereocenters. The molecule has 0 aliphatic rings. The van der Waals surface area contributed by atoms with Gasteiger partial charge in [0.2, 0.25) is 0 Å².